The third-order valence-electron chi connectivity index (χ3n) is 3.57. The number of benzene rings is 1. The number of hydrogen-bond acceptors (Lipinski definition) is 4. The molecular weight excluding hydrogens is 292 g/mol. The summed E-state index contributed by atoms with van der Waals surface area (Å²) in [6, 6.07) is 11.7. The first-order chi connectivity index (χ1) is 11.2. The molecule has 3 rings (SSSR count). The van der Waals surface area contributed by atoms with Crippen molar-refractivity contribution in [3.8, 4) is 5.75 Å². The van der Waals surface area contributed by atoms with Crippen LogP contribution in [0.5, 0.6) is 5.75 Å². The smallest absolute Gasteiger partial charge is 0.320 e. The van der Waals surface area contributed by atoms with Crippen LogP contribution in [0, 0.1) is 0 Å². The van der Waals surface area contributed by atoms with E-state index in [1.807, 2.05) is 30.3 Å². The molecule has 1 saturated carbocycles. The summed E-state index contributed by atoms with van der Waals surface area (Å²) < 4.78 is 5.13. The second-order valence-corrected chi connectivity index (χ2v) is 5.51. The van der Waals surface area contributed by atoms with Gasteiger partial charge < -0.3 is 15.4 Å². The number of nitrogens with one attached hydrogen (secondary N) is 3. The molecule has 2 amide bonds. The van der Waals surface area contributed by atoms with Gasteiger partial charge >= 0.3 is 6.03 Å². The predicted molar refractivity (Wildman–Crippen MR) is 89.7 cm³/mol. The standard InChI is InChI=1S/C17H20N4O2/c1-23-15-7-2-12(3-8-15)10-18-14-6-9-16(19-11-14)21-17(22)20-13-4-5-13/h2-3,6-9,11,13,18H,4-5,10H2,1H3,(H2,19,20,21,22). The van der Waals surface area contributed by atoms with Crippen LogP contribution in [0.3, 0.4) is 0 Å². The highest BCUT2D eigenvalue weighted by molar-refractivity contribution is 5.88. The first kappa shape index (κ1) is 15.1. The Labute approximate surface area is 135 Å². The maximum Gasteiger partial charge on any atom is 0.320 e. The number of pyridine rings is 1. The second-order valence-electron chi connectivity index (χ2n) is 5.51. The number of nitrogens with zero attached hydrogens (tertiary/aromatic N) is 1. The van der Waals surface area contributed by atoms with E-state index in [0.717, 1.165) is 29.8 Å². The molecule has 0 atom stereocenters. The fourth-order valence-electron chi connectivity index (χ4n) is 2.09. The Morgan fingerprint density at radius 1 is 1.22 bits per heavy atom. The van der Waals surface area contributed by atoms with Gasteiger partial charge in [-0.15, -0.1) is 0 Å². The molecule has 0 aliphatic heterocycles. The van der Waals surface area contributed by atoms with Crippen LogP contribution in [0.15, 0.2) is 42.6 Å². The number of urea groups is 1. The lowest BCUT2D eigenvalue weighted by Gasteiger charge is -2.09. The molecule has 6 heteroatoms. The highest BCUT2D eigenvalue weighted by Gasteiger charge is 2.23. The second kappa shape index (κ2) is 7.00. The van der Waals surface area contributed by atoms with Gasteiger partial charge in [0.15, 0.2) is 0 Å². The number of anilines is 2. The van der Waals surface area contributed by atoms with Crippen molar-refractivity contribution in [1.29, 1.82) is 0 Å². The molecule has 0 spiro atoms. The number of ether oxygens (including phenoxy) is 1. The lowest BCUT2D eigenvalue weighted by Crippen LogP contribution is -2.30. The summed E-state index contributed by atoms with van der Waals surface area (Å²) in [5.41, 5.74) is 2.05. The van der Waals surface area contributed by atoms with Gasteiger partial charge in [-0.2, -0.15) is 0 Å². The van der Waals surface area contributed by atoms with Crippen molar-refractivity contribution < 1.29 is 9.53 Å². The highest BCUT2D eigenvalue weighted by atomic mass is 16.5. The summed E-state index contributed by atoms with van der Waals surface area (Å²) >= 11 is 0. The van der Waals surface area contributed by atoms with E-state index in [-0.39, 0.29) is 6.03 Å². The average Bonchev–Trinajstić information content (AvgIpc) is 3.38. The van der Waals surface area contributed by atoms with E-state index in [0.29, 0.717) is 18.4 Å². The van der Waals surface area contributed by atoms with Gasteiger partial charge in [-0.3, -0.25) is 5.32 Å². The van der Waals surface area contributed by atoms with Crippen LogP contribution in [-0.4, -0.2) is 24.2 Å². The van der Waals surface area contributed by atoms with Crippen LogP contribution < -0.4 is 20.7 Å². The zero-order chi connectivity index (χ0) is 16.1. The molecule has 1 aliphatic carbocycles. The summed E-state index contributed by atoms with van der Waals surface area (Å²) in [6.07, 6.45) is 3.83. The molecule has 0 saturated heterocycles. The molecule has 1 aromatic carbocycles. The first-order valence-electron chi connectivity index (χ1n) is 7.63. The molecule has 0 bridgehead atoms. The normalized spacial score (nSPS) is 13.3. The van der Waals surface area contributed by atoms with Gasteiger partial charge in [0.2, 0.25) is 0 Å². The SMILES string of the molecule is COc1ccc(CNc2ccc(NC(=O)NC3CC3)nc2)cc1. The van der Waals surface area contributed by atoms with Gasteiger partial charge in [0.25, 0.3) is 0 Å². The van der Waals surface area contributed by atoms with Crippen LogP contribution in [0.4, 0.5) is 16.3 Å². The summed E-state index contributed by atoms with van der Waals surface area (Å²) in [5, 5.41) is 8.87. The van der Waals surface area contributed by atoms with Gasteiger partial charge in [-0.25, -0.2) is 9.78 Å². The van der Waals surface area contributed by atoms with Crippen molar-refractivity contribution >= 4 is 17.5 Å². The molecule has 1 aliphatic rings. The van der Waals surface area contributed by atoms with Gasteiger partial charge in [0, 0.05) is 12.6 Å². The van der Waals surface area contributed by atoms with Crippen LogP contribution in [0.25, 0.3) is 0 Å². The summed E-state index contributed by atoms with van der Waals surface area (Å²) in [5.74, 6) is 1.38. The average molecular weight is 312 g/mol. The van der Waals surface area contributed by atoms with E-state index in [1.54, 1.807) is 19.4 Å². The minimum Gasteiger partial charge on any atom is -0.497 e. The number of carbonyl (C=O) groups excluding carboxylic acids is 1. The Hall–Kier alpha value is -2.76. The fraction of sp³-hybridized carbons (Fsp3) is 0.294. The van der Waals surface area contributed by atoms with E-state index in [9.17, 15) is 4.79 Å². The Morgan fingerprint density at radius 2 is 2.00 bits per heavy atom. The Kier molecular flexibility index (Phi) is 4.61. The monoisotopic (exact) mass is 312 g/mol. The first-order valence-corrected chi connectivity index (χ1v) is 7.63. The molecule has 6 nitrogen and oxygen atoms in total. The van der Waals surface area contributed by atoms with E-state index in [1.165, 1.54) is 0 Å². The Balaban J connectivity index is 1.49. The number of carbonyl (C=O) groups is 1. The van der Waals surface area contributed by atoms with Gasteiger partial charge in [-0.05, 0) is 42.7 Å². The molecule has 1 fully saturated rings. The topological polar surface area (TPSA) is 75.3 Å². The van der Waals surface area contributed by atoms with Crippen molar-refractivity contribution in [2.75, 3.05) is 17.7 Å². The van der Waals surface area contributed by atoms with Gasteiger partial charge in [-0.1, -0.05) is 12.1 Å². The zero-order valence-corrected chi connectivity index (χ0v) is 13.0. The minimum absolute atomic E-state index is 0.195. The third-order valence-corrected chi connectivity index (χ3v) is 3.57. The molecule has 2 aromatic rings. The highest BCUT2D eigenvalue weighted by Crippen LogP contribution is 2.19. The molecule has 23 heavy (non-hydrogen) atoms. The Bertz CT molecular complexity index is 651. The minimum atomic E-state index is -0.195. The van der Waals surface area contributed by atoms with Crippen LogP contribution >= 0.6 is 0 Å². The number of methoxy groups -OCH3 is 1. The molecule has 0 unspecified atom stereocenters. The fourth-order valence-corrected chi connectivity index (χ4v) is 2.09. The zero-order valence-electron chi connectivity index (χ0n) is 13.0. The summed E-state index contributed by atoms with van der Waals surface area (Å²) in [6.45, 7) is 0.695. The molecule has 120 valence electrons. The molecule has 1 heterocycles. The summed E-state index contributed by atoms with van der Waals surface area (Å²) in [7, 11) is 1.65. The number of rotatable bonds is 6. The molecule has 3 N–H and O–H groups in total. The quantitative estimate of drug-likeness (QED) is 0.766. The lowest BCUT2D eigenvalue weighted by molar-refractivity contribution is 0.251. The number of hydrogen-bond donors (Lipinski definition) is 3. The van der Waals surface area contributed by atoms with Crippen molar-refractivity contribution in [2.24, 2.45) is 0 Å². The van der Waals surface area contributed by atoms with Crippen molar-refractivity contribution in [2.45, 2.75) is 25.4 Å². The van der Waals surface area contributed by atoms with E-state index >= 15 is 0 Å². The number of amides is 2. The van der Waals surface area contributed by atoms with Crippen LogP contribution in [0.2, 0.25) is 0 Å². The predicted octanol–water partition coefficient (Wildman–Crippen LogP) is 2.99. The van der Waals surface area contributed by atoms with Crippen LogP contribution in [0.1, 0.15) is 18.4 Å². The summed E-state index contributed by atoms with van der Waals surface area (Å²) in [4.78, 5) is 15.9. The van der Waals surface area contributed by atoms with E-state index < -0.39 is 0 Å². The third kappa shape index (κ3) is 4.60. The van der Waals surface area contributed by atoms with E-state index in [2.05, 4.69) is 20.9 Å². The lowest BCUT2D eigenvalue weighted by atomic mass is 10.2. The Morgan fingerprint density at radius 3 is 2.61 bits per heavy atom. The maximum atomic E-state index is 11.6. The van der Waals surface area contributed by atoms with Crippen molar-refractivity contribution in [3.05, 3.63) is 48.2 Å². The largest absolute Gasteiger partial charge is 0.497 e. The molecular formula is C17H20N4O2. The molecule has 1 aromatic heterocycles. The van der Waals surface area contributed by atoms with E-state index in [4.69, 9.17) is 4.74 Å². The number of aromatic nitrogens is 1. The van der Waals surface area contributed by atoms with Crippen molar-refractivity contribution in [3.63, 3.8) is 0 Å². The van der Waals surface area contributed by atoms with Crippen LogP contribution in [-0.2, 0) is 6.54 Å². The van der Waals surface area contributed by atoms with Crippen molar-refractivity contribution in [1.82, 2.24) is 10.3 Å². The van der Waals surface area contributed by atoms with Gasteiger partial charge in [0.05, 0.1) is 19.0 Å². The molecule has 0 radical (unpaired) electrons. The van der Waals surface area contributed by atoms with Gasteiger partial charge in [0.1, 0.15) is 11.6 Å². The maximum absolute atomic E-state index is 11.6.